The van der Waals surface area contributed by atoms with Crippen LogP contribution in [0.1, 0.15) is 74.9 Å². The minimum absolute atomic E-state index is 0.179. The lowest BCUT2D eigenvalue weighted by atomic mass is 9.73. The summed E-state index contributed by atoms with van der Waals surface area (Å²) in [4.78, 5) is 5.04. The van der Waals surface area contributed by atoms with Crippen molar-refractivity contribution in [1.29, 1.82) is 0 Å². The Kier molecular flexibility index (Phi) is 9.74. The van der Waals surface area contributed by atoms with Gasteiger partial charge < -0.3 is 9.80 Å². The Labute approximate surface area is 452 Å². The van der Waals surface area contributed by atoms with Crippen LogP contribution in [0.5, 0.6) is 0 Å². The smallest absolute Gasteiger partial charge is 0.0502 e. The van der Waals surface area contributed by atoms with Gasteiger partial charge >= 0.3 is 0 Å². The van der Waals surface area contributed by atoms with Crippen molar-refractivity contribution in [1.82, 2.24) is 0 Å². The largest absolute Gasteiger partial charge is 0.310 e. The van der Waals surface area contributed by atoms with Gasteiger partial charge in [0.2, 0.25) is 0 Å². The predicted octanol–water partition coefficient (Wildman–Crippen LogP) is 20.7. The molecule has 12 aromatic rings. The lowest BCUT2D eigenvalue weighted by Crippen LogP contribution is -2.30. The minimum atomic E-state index is -0.183. The molecule has 15 rings (SSSR count). The summed E-state index contributed by atoms with van der Waals surface area (Å²) >= 11 is 0. The lowest BCUT2D eigenvalue weighted by Gasteiger charge is -2.42. The monoisotopic (exact) mass is 986 g/mol. The van der Waals surface area contributed by atoms with E-state index in [9.17, 15) is 0 Å². The molecule has 2 nitrogen and oxygen atoms in total. The van der Waals surface area contributed by atoms with Gasteiger partial charge in [0.1, 0.15) is 0 Å². The summed E-state index contributed by atoms with van der Waals surface area (Å²) in [6.45, 7) is 14.3. The maximum atomic E-state index is 2.53. The highest BCUT2D eigenvalue weighted by atomic mass is 15.2. The van der Waals surface area contributed by atoms with Gasteiger partial charge in [-0.25, -0.2) is 0 Å². The molecule has 0 amide bonds. The molecule has 2 heterocycles. The standard InChI is InChI=1S/C75H58N2/c1-73(2)61-26-12-11-24-54(61)55-40-37-50(44-66(55)73)71-57-41-38-52(77-69-33-19-15-29-64(69)75(5,6)65-30-16-20-34-70(65)77)46-60(57)72(56-25-10-9-23-53(56)49-36-35-47-21-7-8-22-48(47)43-49)58-42-39-51(45-59(58)71)76-67-31-17-13-27-62(67)74(3,4)63-28-14-18-32-68(63)76/h7-46H,1-6H3. The van der Waals surface area contributed by atoms with Gasteiger partial charge in [-0.2, -0.15) is 0 Å². The van der Waals surface area contributed by atoms with Crippen molar-refractivity contribution in [3.05, 3.63) is 276 Å². The fraction of sp³-hybridized carbons (Fsp3) is 0.120. The van der Waals surface area contributed by atoms with Crippen LogP contribution in [0.3, 0.4) is 0 Å². The van der Waals surface area contributed by atoms with E-state index in [-0.39, 0.29) is 16.2 Å². The van der Waals surface area contributed by atoms with Crippen LogP contribution in [0.2, 0.25) is 0 Å². The molecule has 0 fully saturated rings. The molecule has 3 aliphatic rings. The van der Waals surface area contributed by atoms with Crippen LogP contribution in [0.15, 0.2) is 243 Å². The third kappa shape index (κ3) is 6.55. The van der Waals surface area contributed by atoms with Gasteiger partial charge in [-0.1, -0.05) is 224 Å². The molecule has 2 aliphatic heterocycles. The Balaban J connectivity index is 1.07. The molecule has 0 unspecified atom stereocenters. The van der Waals surface area contributed by atoms with Gasteiger partial charge in [0.15, 0.2) is 0 Å². The van der Waals surface area contributed by atoms with Crippen LogP contribution < -0.4 is 9.80 Å². The van der Waals surface area contributed by atoms with Gasteiger partial charge in [0.05, 0.1) is 22.7 Å². The van der Waals surface area contributed by atoms with Gasteiger partial charge in [0, 0.05) is 27.6 Å². The van der Waals surface area contributed by atoms with E-state index in [1.165, 1.54) is 133 Å². The quantitative estimate of drug-likeness (QED) is 0.159. The van der Waals surface area contributed by atoms with E-state index in [1.807, 2.05) is 0 Å². The third-order valence-electron chi connectivity index (χ3n) is 18.0. The fourth-order valence-electron chi connectivity index (χ4n) is 14.1. The molecule has 12 aromatic carbocycles. The fourth-order valence-corrected chi connectivity index (χ4v) is 14.1. The molecule has 0 aromatic heterocycles. The zero-order valence-corrected chi connectivity index (χ0v) is 44.5. The summed E-state index contributed by atoms with van der Waals surface area (Å²) in [7, 11) is 0. The van der Waals surface area contributed by atoms with Crippen LogP contribution >= 0.6 is 0 Å². The van der Waals surface area contributed by atoms with E-state index in [0.29, 0.717) is 0 Å². The Hall–Kier alpha value is -8.98. The second-order valence-corrected chi connectivity index (χ2v) is 23.2. The number of rotatable bonds is 5. The molecule has 0 radical (unpaired) electrons. The molecule has 0 bridgehead atoms. The van der Waals surface area contributed by atoms with Crippen LogP contribution in [0, 0.1) is 0 Å². The maximum absolute atomic E-state index is 2.53. The van der Waals surface area contributed by atoms with Crippen LogP contribution in [-0.2, 0) is 16.2 Å². The highest BCUT2D eigenvalue weighted by molar-refractivity contribution is 6.24. The van der Waals surface area contributed by atoms with Crippen LogP contribution in [0.4, 0.5) is 34.1 Å². The van der Waals surface area contributed by atoms with Gasteiger partial charge in [-0.3, -0.25) is 0 Å². The molecule has 0 spiro atoms. The molecular weight excluding hydrogens is 929 g/mol. The minimum Gasteiger partial charge on any atom is -0.310 e. The number of benzene rings is 12. The number of hydrogen-bond donors (Lipinski definition) is 0. The van der Waals surface area contributed by atoms with Crippen molar-refractivity contribution >= 4 is 66.4 Å². The predicted molar refractivity (Wildman–Crippen MR) is 326 cm³/mol. The van der Waals surface area contributed by atoms with E-state index >= 15 is 0 Å². The van der Waals surface area contributed by atoms with Crippen LogP contribution in [-0.4, -0.2) is 0 Å². The summed E-state index contributed by atoms with van der Waals surface area (Å²) in [5, 5.41) is 7.33. The highest BCUT2D eigenvalue weighted by Crippen LogP contribution is 2.57. The number of para-hydroxylation sites is 4. The molecule has 77 heavy (non-hydrogen) atoms. The van der Waals surface area contributed by atoms with Gasteiger partial charge in [-0.05, 0) is 171 Å². The second kappa shape index (κ2) is 16.5. The molecule has 2 heteroatoms. The number of anilines is 6. The van der Waals surface area contributed by atoms with Crippen molar-refractivity contribution in [2.24, 2.45) is 0 Å². The summed E-state index contributed by atoms with van der Waals surface area (Å²) < 4.78 is 0. The van der Waals surface area contributed by atoms with E-state index in [0.717, 1.165) is 11.4 Å². The SMILES string of the molecule is CC1(C)c2ccccc2-c2ccc(-c3c4cc(N5c6ccccc6C(C)(C)c6ccccc65)ccc4c(-c4ccccc4-c4ccc5ccccc5c4)c4cc(N5c6ccccc6C(C)(C)c6ccccc65)ccc34)cc21. The zero-order chi connectivity index (χ0) is 52.0. The average Bonchev–Trinajstić information content (AvgIpc) is 3.71. The highest BCUT2D eigenvalue weighted by Gasteiger charge is 2.40. The molecule has 0 N–H and O–H groups in total. The Morgan fingerprint density at radius 2 is 0.649 bits per heavy atom. The van der Waals surface area contributed by atoms with Crippen molar-refractivity contribution in [3.8, 4) is 44.5 Å². The normalized spacial score (nSPS) is 15.1. The van der Waals surface area contributed by atoms with Crippen molar-refractivity contribution in [2.75, 3.05) is 9.80 Å². The first kappa shape index (κ1) is 45.4. The molecule has 1 aliphatic carbocycles. The molecule has 0 saturated carbocycles. The van der Waals surface area contributed by atoms with Gasteiger partial charge in [-0.15, -0.1) is 0 Å². The van der Waals surface area contributed by atoms with E-state index in [1.54, 1.807) is 0 Å². The summed E-state index contributed by atoms with van der Waals surface area (Å²) in [5.41, 5.74) is 24.5. The Morgan fingerprint density at radius 3 is 1.21 bits per heavy atom. The maximum Gasteiger partial charge on any atom is 0.0502 e. The molecule has 0 saturated heterocycles. The third-order valence-corrected chi connectivity index (χ3v) is 18.0. The second-order valence-electron chi connectivity index (χ2n) is 23.2. The van der Waals surface area contributed by atoms with E-state index < -0.39 is 0 Å². The molecule has 0 atom stereocenters. The topological polar surface area (TPSA) is 6.48 Å². The van der Waals surface area contributed by atoms with Crippen LogP contribution in [0.25, 0.3) is 76.8 Å². The lowest BCUT2D eigenvalue weighted by molar-refractivity contribution is 0.632. The van der Waals surface area contributed by atoms with Crippen molar-refractivity contribution in [2.45, 2.75) is 57.8 Å². The summed E-state index contributed by atoms with van der Waals surface area (Å²) in [6.07, 6.45) is 0. The molecule has 368 valence electrons. The van der Waals surface area contributed by atoms with E-state index in [4.69, 9.17) is 0 Å². The first-order valence-corrected chi connectivity index (χ1v) is 27.3. The number of hydrogen-bond acceptors (Lipinski definition) is 2. The van der Waals surface area contributed by atoms with Crippen molar-refractivity contribution < 1.29 is 0 Å². The number of nitrogens with zero attached hydrogens (tertiary/aromatic N) is 2. The van der Waals surface area contributed by atoms with Gasteiger partial charge in [0.25, 0.3) is 0 Å². The summed E-state index contributed by atoms with van der Waals surface area (Å²) in [5.74, 6) is 0. The average molecular weight is 987 g/mol. The van der Waals surface area contributed by atoms with E-state index in [2.05, 4.69) is 294 Å². The number of fused-ring (bicyclic) bond motifs is 10. The van der Waals surface area contributed by atoms with Crippen molar-refractivity contribution in [3.63, 3.8) is 0 Å². The zero-order valence-electron chi connectivity index (χ0n) is 44.5. The Bertz CT molecular complexity index is 4350. The first-order valence-electron chi connectivity index (χ1n) is 27.3. The molecular formula is C75H58N2. The summed E-state index contributed by atoms with van der Waals surface area (Å²) in [6, 6.07) is 91.9. The Morgan fingerprint density at radius 1 is 0.247 bits per heavy atom. The first-order chi connectivity index (χ1) is 37.5.